The Morgan fingerprint density at radius 2 is 1.32 bits per heavy atom. The van der Waals surface area contributed by atoms with Crippen molar-refractivity contribution in [2.45, 2.75) is 56.5 Å². The number of piperidine rings is 1. The first kappa shape index (κ1) is 22.4. The second kappa shape index (κ2) is 10.2. The van der Waals surface area contributed by atoms with E-state index in [0.29, 0.717) is 12.1 Å². The van der Waals surface area contributed by atoms with E-state index in [1.54, 1.807) is 0 Å². The van der Waals surface area contributed by atoms with Gasteiger partial charge in [0.2, 0.25) is 0 Å². The highest BCUT2D eigenvalue weighted by Gasteiger charge is 2.41. The molecule has 0 saturated carbocycles. The van der Waals surface area contributed by atoms with Crippen LogP contribution in [0.25, 0.3) is 0 Å². The molecule has 3 unspecified atom stereocenters. The van der Waals surface area contributed by atoms with E-state index < -0.39 is 0 Å². The predicted octanol–water partition coefficient (Wildman–Crippen LogP) is 7.06. The van der Waals surface area contributed by atoms with E-state index in [2.05, 4.69) is 77.7 Å². The molecule has 31 heavy (non-hydrogen) atoms. The van der Waals surface area contributed by atoms with Crippen LogP contribution in [0.15, 0.2) is 84.9 Å². The fraction of sp³-hybridized carbons (Fsp3) is 0.333. The summed E-state index contributed by atoms with van der Waals surface area (Å²) in [6.07, 6.45) is 5.03. The van der Waals surface area contributed by atoms with E-state index in [4.69, 9.17) is 16.3 Å². The van der Waals surface area contributed by atoms with Crippen molar-refractivity contribution >= 4 is 24.0 Å². The van der Waals surface area contributed by atoms with Gasteiger partial charge in [-0.15, -0.1) is 12.4 Å². The van der Waals surface area contributed by atoms with Crippen LogP contribution < -0.4 is 0 Å². The average Bonchev–Trinajstić information content (AvgIpc) is 3.02. The molecule has 3 aromatic carbocycles. The fourth-order valence-electron chi connectivity index (χ4n) is 5.20. The third-order valence-corrected chi connectivity index (χ3v) is 6.90. The van der Waals surface area contributed by atoms with Crippen molar-refractivity contribution in [1.82, 2.24) is 4.90 Å². The van der Waals surface area contributed by atoms with Gasteiger partial charge in [-0.05, 0) is 54.5 Å². The van der Waals surface area contributed by atoms with Gasteiger partial charge in [0, 0.05) is 23.7 Å². The van der Waals surface area contributed by atoms with Crippen LogP contribution in [0.1, 0.15) is 48.5 Å². The summed E-state index contributed by atoms with van der Waals surface area (Å²) in [5, 5.41) is 0.762. The van der Waals surface area contributed by atoms with Gasteiger partial charge in [-0.1, -0.05) is 84.4 Å². The summed E-state index contributed by atoms with van der Waals surface area (Å²) in [7, 11) is 0. The lowest BCUT2D eigenvalue weighted by Crippen LogP contribution is -2.45. The van der Waals surface area contributed by atoms with Crippen LogP contribution in [0.5, 0.6) is 0 Å². The van der Waals surface area contributed by atoms with Gasteiger partial charge >= 0.3 is 0 Å². The van der Waals surface area contributed by atoms with E-state index in [-0.39, 0.29) is 24.6 Å². The van der Waals surface area contributed by atoms with Crippen molar-refractivity contribution in [1.29, 1.82) is 0 Å². The Labute approximate surface area is 196 Å². The average molecular weight is 454 g/mol. The van der Waals surface area contributed by atoms with Crippen LogP contribution in [-0.2, 0) is 11.3 Å². The zero-order chi connectivity index (χ0) is 20.3. The SMILES string of the molecule is Cl.Clc1ccc(C(OC2CC3CCC(C2)N3Cc2ccccc2)c2ccccc2)cc1. The van der Waals surface area contributed by atoms with Gasteiger partial charge in [0.1, 0.15) is 6.10 Å². The molecule has 0 aliphatic carbocycles. The Morgan fingerprint density at radius 1 is 0.774 bits per heavy atom. The predicted molar refractivity (Wildman–Crippen MR) is 130 cm³/mol. The molecule has 0 spiro atoms. The smallest absolute Gasteiger partial charge is 0.108 e. The van der Waals surface area contributed by atoms with Crippen molar-refractivity contribution in [3.8, 4) is 0 Å². The van der Waals surface area contributed by atoms with Crippen LogP contribution in [0.4, 0.5) is 0 Å². The highest BCUT2D eigenvalue weighted by molar-refractivity contribution is 6.30. The molecular formula is C27H29Cl2NO. The third-order valence-electron chi connectivity index (χ3n) is 6.65. The minimum Gasteiger partial charge on any atom is -0.365 e. The monoisotopic (exact) mass is 453 g/mol. The Morgan fingerprint density at radius 3 is 1.94 bits per heavy atom. The molecule has 2 fully saturated rings. The Hall–Kier alpha value is -1.84. The first-order valence-electron chi connectivity index (χ1n) is 11.0. The van der Waals surface area contributed by atoms with Gasteiger partial charge in [0.05, 0.1) is 6.10 Å². The normalized spacial score (nSPS) is 23.8. The number of hydrogen-bond donors (Lipinski definition) is 0. The zero-order valence-electron chi connectivity index (χ0n) is 17.6. The molecule has 2 saturated heterocycles. The van der Waals surface area contributed by atoms with Gasteiger partial charge in [-0.3, -0.25) is 4.90 Å². The first-order chi connectivity index (χ1) is 14.8. The summed E-state index contributed by atoms with van der Waals surface area (Å²) in [6, 6.07) is 30.8. The lowest BCUT2D eigenvalue weighted by Gasteiger charge is -2.40. The van der Waals surface area contributed by atoms with Gasteiger partial charge < -0.3 is 4.74 Å². The topological polar surface area (TPSA) is 12.5 Å². The summed E-state index contributed by atoms with van der Waals surface area (Å²) in [5.74, 6) is 0. The van der Waals surface area contributed by atoms with Crippen LogP contribution in [0, 0.1) is 0 Å². The van der Waals surface area contributed by atoms with Crippen molar-refractivity contribution in [3.63, 3.8) is 0 Å². The highest BCUT2D eigenvalue weighted by atomic mass is 35.5. The molecule has 5 rings (SSSR count). The second-order valence-corrected chi connectivity index (χ2v) is 9.05. The van der Waals surface area contributed by atoms with E-state index in [0.717, 1.165) is 24.4 Å². The molecule has 0 radical (unpaired) electrons. The summed E-state index contributed by atoms with van der Waals surface area (Å²) in [6.45, 7) is 1.06. The maximum atomic E-state index is 6.81. The zero-order valence-corrected chi connectivity index (χ0v) is 19.1. The molecule has 0 N–H and O–H groups in total. The number of benzene rings is 3. The van der Waals surface area contributed by atoms with Gasteiger partial charge in [-0.2, -0.15) is 0 Å². The number of halogens is 2. The lowest BCUT2D eigenvalue weighted by molar-refractivity contribution is -0.0501. The van der Waals surface area contributed by atoms with E-state index in [9.17, 15) is 0 Å². The molecule has 3 aromatic rings. The lowest BCUT2D eigenvalue weighted by atomic mass is 9.96. The largest absolute Gasteiger partial charge is 0.365 e. The molecule has 2 nitrogen and oxygen atoms in total. The van der Waals surface area contributed by atoms with Crippen LogP contribution in [0.3, 0.4) is 0 Å². The number of nitrogens with zero attached hydrogens (tertiary/aromatic N) is 1. The molecule has 162 valence electrons. The maximum Gasteiger partial charge on any atom is 0.108 e. The molecule has 2 bridgehead atoms. The maximum absolute atomic E-state index is 6.81. The van der Waals surface area contributed by atoms with Crippen LogP contribution in [0.2, 0.25) is 5.02 Å². The van der Waals surface area contributed by atoms with Crippen molar-refractivity contribution in [3.05, 3.63) is 107 Å². The summed E-state index contributed by atoms with van der Waals surface area (Å²) >= 11 is 6.14. The second-order valence-electron chi connectivity index (χ2n) is 8.61. The number of rotatable bonds is 6. The molecule has 2 aliphatic heterocycles. The van der Waals surface area contributed by atoms with Gasteiger partial charge in [0.15, 0.2) is 0 Å². The Kier molecular flexibility index (Phi) is 7.35. The van der Waals surface area contributed by atoms with E-state index >= 15 is 0 Å². The van der Waals surface area contributed by atoms with Crippen LogP contribution in [-0.4, -0.2) is 23.1 Å². The molecule has 3 atom stereocenters. The van der Waals surface area contributed by atoms with E-state index in [1.165, 1.54) is 29.5 Å². The van der Waals surface area contributed by atoms with Crippen LogP contribution >= 0.6 is 24.0 Å². The molecule has 0 amide bonds. The summed E-state index contributed by atoms with van der Waals surface area (Å²) in [5.41, 5.74) is 3.79. The number of hydrogen-bond acceptors (Lipinski definition) is 2. The Bertz CT molecular complexity index is 934. The molecular weight excluding hydrogens is 425 g/mol. The van der Waals surface area contributed by atoms with Gasteiger partial charge in [-0.25, -0.2) is 0 Å². The molecule has 2 aliphatic rings. The number of fused-ring (bicyclic) bond motifs is 2. The van der Waals surface area contributed by atoms with Crippen molar-refractivity contribution in [2.24, 2.45) is 0 Å². The summed E-state index contributed by atoms with van der Waals surface area (Å²) < 4.78 is 6.81. The molecule has 2 heterocycles. The fourth-order valence-corrected chi connectivity index (χ4v) is 5.32. The number of ether oxygens (including phenoxy) is 1. The quantitative estimate of drug-likeness (QED) is 0.395. The minimum absolute atomic E-state index is 0. The highest BCUT2D eigenvalue weighted by Crippen LogP contribution is 2.40. The molecule has 4 heteroatoms. The van der Waals surface area contributed by atoms with E-state index in [1.807, 2.05) is 12.1 Å². The summed E-state index contributed by atoms with van der Waals surface area (Å²) in [4.78, 5) is 2.72. The standard InChI is InChI=1S/C27H28ClNO.ClH/c28-23-13-11-22(12-14-23)27(21-9-5-2-6-10-21)30-26-17-24-15-16-25(18-26)29(24)19-20-7-3-1-4-8-20;/h1-14,24-27H,15-19H2;1H. The first-order valence-corrected chi connectivity index (χ1v) is 11.4. The van der Waals surface area contributed by atoms with Crippen molar-refractivity contribution < 1.29 is 4.74 Å². The van der Waals surface area contributed by atoms with Gasteiger partial charge in [0.25, 0.3) is 0 Å². The van der Waals surface area contributed by atoms with Crippen molar-refractivity contribution in [2.75, 3.05) is 0 Å². The third kappa shape index (κ3) is 5.15. The minimum atomic E-state index is -0.0476. The Balaban J connectivity index is 0.00000231. The molecule has 0 aromatic heterocycles.